The Kier molecular flexibility index (Phi) is 33.6. The van der Waals surface area contributed by atoms with Crippen LogP contribution in [0.25, 0.3) is 0 Å². The molecule has 0 aromatic carbocycles. The Bertz CT molecular complexity index is 663. The molecule has 2 aromatic heterocycles. The van der Waals surface area contributed by atoms with Gasteiger partial charge in [0.1, 0.15) is 0 Å². The number of hydrogen-bond acceptors (Lipinski definition) is 8. The van der Waals surface area contributed by atoms with Crippen molar-refractivity contribution in [2.24, 2.45) is 0 Å². The molecule has 2 aromatic rings. The number of pyridine rings is 2. The van der Waals surface area contributed by atoms with Gasteiger partial charge in [0.15, 0.2) is 0 Å². The quantitative estimate of drug-likeness (QED) is 0.176. The van der Waals surface area contributed by atoms with Gasteiger partial charge in [0.25, 0.3) is 0 Å². The monoisotopic (exact) mass is 437 g/mol. The van der Waals surface area contributed by atoms with E-state index in [1.807, 2.05) is 12.1 Å². The molecule has 0 aliphatic rings. The summed E-state index contributed by atoms with van der Waals surface area (Å²) in [7, 11) is -5.17. The molecule has 0 unspecified atom stereocenters. The molecular formula is C12H19N4NiO8S+3. The van der Waals surface area contributed by atoms with Crippen LogP contribution in [0.1, 0.15) is 11.1 Å². The standard InChI is InChI=1S/2C6H4N2.Ni.H2O4S.4H2O/c2*7-5-6-1-3-8-4-2-6;;1-5(2,3)4;;;;/h2*1-4H;;(H2,1,2,3,4);4*1H2/q;;+2;;;;;/p+1. The third-order valence-electron chi connectivity index (χ3n) is 1.62. The number of nitriles is 2. The van der Waals surface area contributed by atoms with Crippen LogP contribution in [0, 0.1) is 22.7 Å². The predicted molar refractivity (Wildman–Crippen MR) is 86.6 cm³/mol. The molecule has 0 bridgehead atoms. The summed E-state index contributed by atoms with van der Waals surface area (Å²) in [6.45, 7) is 0. The van der Waals surface area contributed by atoms with Gasteiger partial charge in [0.2, 0.25) is 0 Å². The first-order valence-corrected chi connectivity index (χ1v) is 6.47. The number of aromatic nitrogens is 2. The fraction of sp³-hybridized carbons (Fsp3) is 0. The molecule has 0 saturated carbocycles. The van der Waals surface area contributed by atoms with Crippen LogP contribution in [0.4, 0.5) is 0 Å². The molecule has 2 heterocycles. The Hall–Kier alpha value is -2.52. The minimum Gasteiger partial charge on any atom is -0.759 e. The first-order chi connectivity index (χ1) is 9.86. The number of rotatable bonds is 0. The van der Waals surface area contributed by atoms with Gasteiger partial charge in [0.05, 0.1) is 23.3 Å². The topological polar surface area (TPSA) is 284 Å². The maximum atomic E-state index is 8.52. The molecule has 0 spiro atoms. The van der Waals surface area contributed by atoms with Crippen LogP contribution >= 0.6 is 0 Å². The Labute approximate surface area is 159 Å². The summed E-state index contributed by atoms with van der Waals surface area (Å²) < 4.78 is 34.1. The molecule has 0 saturated heterocycles. The molecule has 12 nitrogen and oxygen atoms in total. The third kappa shape index (κ3) is 29.5. The van der Waals surface area contributed by atoms with Crippen molar-refractivity contribution in [2.75, 3.05) is 0 Å². The van der Waals surface area contributed by atoms with Gasteiger partial charge in [-0.25, -0.2) is 0 Å². The Morgan fingerprint density at radius 2 is 0.962 bits per heavy atom. The van der Waals surface area contributed by atoms with E-state index >= 15 is 0 Å². The van der Waals surface area contributed by atoms with Crippen molar-refractivity contribution in [3.63, 3.8) is 0 Å². The van der Waals surface area contributed by atoms with Gasteiger partial charge in [-0.05, 0) is 24.3 Å². The van der Waals surface area contributed by atoms with Crippen LogP contribution in [0.5, 0.6) is 0 Å². The molecule has 0 fully saturated rings. The van der Waals surface area contributed by atoms with Crippen molar-refractivity contribution < 1.29 is 55.9 Å². The predicted octanol–water partition coefficient (Wildman–Crippen LogP) is -3.02. The molecule has 2 rings (SSSR count). The fourth-order valence-corrected chi connectivity index (χ4v) is 0.853. The molecule has 11 N–H and O–H groups in total. The van der Waals surface area contributed by atoms with E-state index in [1.54, 1.807) is 49.1 Å². The third-order valence-corrected chi connectivity index (χ3v) is 1.62. The number of hydrogen-bond donors (Lipinski definition) is 0. The van der Waals surface area contributed by atoms with Crippen LogP contribution in [0.2, 0.25) is 0 Å². The molecule has 0 amide bonds. The molecule has 0 radical (unpaired) electrons. The summed E-state index contributed by atoms with van der Waals surface area (Å²) in [5.41, 5.74) is 1.31. The van der Waals surface area contributed by atoms with Gasteiger partial charge in [-0.15, -0.1) is 0 Å². The first kappa shape index (κ1) is 38.8. The van der Waals surface area contributed by atoms with Crippen LogP contribution in [0.15, 0.2) is 49.1 Å². The van der Waals surface area contributed by atoms with Gasteiger partial charge in [-0.2, -0.15) is 10.5 Å². The SMILES string of the molecule is N#Cc1ccncc1.N#Cc1ccncc1.O.O=S(=O)([O-])[O-].[Ni+2].[OH3+].[OH3+].[OH3+]. The summed E-state index contributed by atoms with van der Waals surface area (Å²) in [5, 5.41) is 16.5. The summed E-state index contributed by atoms with van der Waals surface area (Å²) in [5.74, 6) is 0. The Balaban J connectivity index is -0.0000000540. The second kappa shape index (κ2) is 22.5. The van der Waals surface area contributed by atoms with Crippen molar-refractivity contribution in [3.05, 3.63) is 60.2 Å². The Morgan fingerprint density at radius 1 is 0.769 bits per heavy atom. The zero-order valence-electron chi connectivity index (χ0n) is 13.0. The largest absolute Gasteiger partial charge is 2.00 e. The fourth-order valence-electron chi connectivity index (χ4n) is 0.853. The zero-order chi connectivity index (χ0) is 16.1. The molecule has 0 aliphatic carbocycles. The minimum absolute atomic E-state index is 0. The normalized spacial score (nSPS) is 7.08. The van der Waals surface area contributed by atoms with Gasteiger partial charge < -0.3 is 31.0 Å². The van der Waals surface area contributed by atoms with Gasteiger partial charge in [-0.1, -0.05) is 0 Å². The van der Waals surface area contributed by atoms with Crippen LogP contribution in [-0.4, -0.2) is 33.0 Å². The van der Waals surface area contributed by atoms with Gasteiger partial charge in [-0.3, -0.25) is 18.4 Å². The van der Waals surface area contributed by atoms with Crippen molar-refractivity contribution in [1.29, 1.82) is 10.5 Å². The smallest absolute Gasteiger partial charge is 0.759 e. The van der Waals surface area contributed by atoms with E-state index in [1.165, 1.54) is 0 Å². The molecular weight excluding hydrogens is 419 g/mol. The van der Waals surface area contributed by atoms with E-state index in [-0.39, 0.29) is 38.4 Å². The van der Waals surface area contributed by atoms with Crippen LogP contribution in [0.3, 0.4) is 0 Å². The minimum atomic E-state index is -5.17. The maximum absolute atomic E-state index is 8.52. The molecule has 148 valence electrons. The summed E-state index contributed by atoms with van der Waals surface area (Å²) in [6, 6.07) is 10.6. The van der Waals surface area contributed by atoms with Crippen LogP contribution < -0.4 is 0 Å². The first-order valence-electron chi connectivity index (χ1n) is 5.13. The average molecular weight is 438 g/mol. The van der Waals surface area contributed by atoms with Crippen LogP contribution in [-0.2, 0) is 43.3 Å². The van der Waals surface area contributed by atoms with E-state index in [0.29, 0.717) is 11.1 Å². The van der Waals surface area contributed by atoms with Gasteiger partial charge in [0, 0.05) is 35.2 Å². The van der Waals surface area contributed by atoms with Crippen molar-refractivity contribution in [2.45, 2.75) is 0 Å². The molecule has 0 aliphatic heterocycles. The van der Waals surface area contributed by atoms with Gasteiger partial charge >= 0.3 is 16.5 Å². The molecule has 14 heteroatoms. The second-order valence-electron chi connectivity index (χ2n) is 3.10. The Morgan fingerprint density at radius 3 is 1.08 bits per heavy atom. The second-order valence-corrected chi connectivity index (χ2v) is 3.92. The van der Waals surface area contributed by atoms with Crippen molar-refractivity contribution >= 4 is 10.4 Å². The van der Waals surface area contributed by atoms with E-state index in [0.717, 1.165) is 0 Å². The van der Waals surface area contributed by atoms with Crippen molar-refractivity contribution in [1.82, 2.24) is 9.97 Å². The molecule has 26 heavy (non-hydrogen) atoms. The maximum Gasteiger partial charge on any atom is 2.00 e. The van der Waals surface area contributed by atoms with E-state index in [2.05, 4.69) is 9.97 Å². The summed E-state index contributed by atoms with van der Waals surface area (Å²) >= 11 is 0. The summed E-state index contributed by atoms with van der Waals surface area (Å²) in [6.07, 6.45) is 6.38. The van der Waals surface area contributed by atoms with Crippen molar-refractivity contribution in [3.8, 4) is 12.1 Å². The zero-order valence-corrected chi connectivity index (χ0v) is 14.8. The van der Waals surface area contributed by atoms with E-state index in [4.69, 9.17) is 28.0 Å². The average Bonchev–Trinajstić information content (AvgIpc) is 2.48. The molecule has 0 atom stereocenters. The van der Waals surface area contributed by atoms with E-state index in [9.17, 15) is 0 Å². The number of nitrogens with zero attached hydrogens (tertiary/aromatic N) is 4. The summed E-state index contributed by atoms with van der Waals surface area (Å²) in [4.78, 5) is 7.48. The van der Waals surface area contributed by atoms with E-state index < -0.39 is 10.4 Å².